The van der Waals surface area contributed by atoms with Crippen molar-refractivity contribution in [3.63, 3.8) is 0 Å². The first-order valence-electron chi connectivity index (χ1n) is 4.51. The van der Waals surface area contributed by atoms with Crippen molar-refractivity contribution in [1.82, 2.24) is 0 Å². The molecule has 14 heavy (non-hydrogen) atoms. The zero-order valence-electron chi connectivity index (χ0n) is 8.12. The lowest BCUT2D eigenvalue weighted by atomic mass is 10.3. The van der Waals surface area contributed by atoms with E-state index in [9.17, 15) is 4.79 Å². The van der Waals surface area contributed by atoms with Gasteiger partial charge in [0, 0.05) is 11.4 Å². The molecule has 1 aromatic carbocycles. The SMILES string of the molecule is CCCOC(=O)Nc1ccc(N)cc1. The third-order valence-corrected chi connectivity index (χ3v) is 1.59. The van der Waals surface area contributed by atoms with Crippen LogP contribution in [0.3, 0.4) is 0 Å². The summed E-state index contributed by atoms with van der Waals surface area (Å²) in [7, 11) is 0. The Morgan fingerprint density at radius 1 is 1.43 bits per heavy atom. The Morgan fingerprint density at radius 2 is 2.07 bits per heavy atom. The number of nitrogens with one attached hydrogen (secondary N) is 1. The molecule has 0 aromatic heterocycles. The molecule has 0 spiro atoms. The molecular weight excluding hydrogens is 180 g/mol. The second-order valence-corrected chi connectivity index (χ2v) is 2.88. The fourth-order valence-corrected chi connectivity index (χ4v) is 0.915. The van der Waals surface area contributed by atoms with Crippen LogP contribution in [0.2, 0.25) is 0 Å². The third-order valence-electron chi connectivity index (χ3n) is 1.59. The Balaban J connectivity index is 2.44. The van der Waals surface area contributed by atoms with Gasteiger partial charge in [-0.1, -0.05) is 6.92 Å². The summed E-state index contributed by atoms with van der Waals surface area (Å²) in [6.07, 6.45) is 0.381. The summed E-state index contributed by atoms with van der Waals surface area (Å²) in [5.41, 5.74) is 6.84. The molecule has 76 valence electrons. The molecule has 4 heteroatoms. The number of anilines is 2. The molecule has 0 fully saturated rings. The third kappa shape index (κ3) is 3.35. The van der Waals surface area contributed by atoms with Gasteiger partial charge in [0.05, 0.1) is 6.61 Å². The summed E-state index contributed by atoms with van der Waals surface area (Å²) >= 11 is 0. The number of carbonyl (C=O) groups is 1. The number of benzene rings is 1. The highest BCUT2D eigenvalue weighted by Gasteiger charge is 2.00. The molecule has 0 radical (unpaired) electrons. The van der Waals surface area contributed by atoms with Crippen LogP contribution < -0.4 is 11.1 Å². The molecule has 0 unspecified atom stereocenters. The molecule has 0 aliphatic carbocycles. The molecule has 1 rings (SSSR count). The standard InChI is InChI=1S/C10H14N2O2/c1-2-7-14-10(13)12-9-5-3-8(11)4-6-9/h3-6H,2,7,11H2,1H3,(H,12,13). The summed E-state index contributed by atoms with van der Waals surface area (Å²) < 4.78 is 4.84. The molecule has 0 aliphatic heterocycles. The minimum absolute atomic E-state index is 0.431. The van der Waals surface area contributed by atoms with Gasteiger partial charge in [0.2, 0.25) is 0 Å². The highest BCUT2D eigenvalue weighted by atomic mass is 16.5. The van der Waals surface area contributed by atoms with Crippen LogP contribution in [-0.2, 0) is 4.74 Å². The number of rotatable bonds is 3. The smallest absolute Gasteiger partial charge is 0.411 e. The van der Waals surface area contributed by atoms with Gasteiger partial charge in [0.1, 0.15) is 0 Å². The molecule has 0 saturated heterocycles. The van der Waals surface area contributed by atoms with Gasteiger partial charge in [0.25, 0.3) is 0 Å². The minimum atomic E-state index is -0.434. The predicted octanol–water partition coefficient (Wildman–Crippen LogP) is 2.23. The number of nitrogen functional groups attached to an aromatic ring is 1. The van der Waals surface area contributed by atoms with Crippen LogP contribution in [0.5, 0.6) is 0 Å². The van der Waals surface area contributed by atoms with Crippen LogP contribution in [0.15, 0.2) is 24.3 Å². The fraction of sp³-hybridized carbons (Fsp3) is 0.300. The maximum Gasteiger partial charge on any atom is 0.411 e. The van der Waals surface area contributed by atoms with Gasteiger partial charge in [-0.3, -0.25) is 5.32 Å². The first kappa shape index (κ1) is 10.4. The highest BCUT2D eigenvalue weighted by Crippen LogP contribution is 2.10. The van der Waals surface area contributed by atoms with Gasteiger partial charge in [-0.25, -0.2) is 4.79 Å². The molecule has 0 heterocycles. The summed E-state index contributed by atoms with van der Waals surface area (Å²) in [5, 5.41) is 2.59. The molecule has 0 saturated carbocycles. The lowest BCUT2D eigenvalue weighted by Gasteiger charge is -2.05. The summed E-state index contributed by atoms with van der Waals surface area (Å²) in [5.74, 6) is 0. The van der Waals surface area contributed by atoms with Crippen LogP contribution in [0.25, 0.3) is 0 Å². The average molecular weight is 194 g/mol. The summed E-state index contributed by atoms with van der Waals surface area (Å²) in [4.78, 5) is 11.1. The van der Waals surface area contributed by atoms with E-state index < -0.39 is 6.09 Å². The largest absolute Gasteiger partial charge is 0.449 e. The molecule has 0 bridgehead atoms. The number of amides is 1. The van der Waals surface area contributed by atoms with Crippen LogP contribution in [0.4, 0.5) is 16.2 Å². The summed E-state index contributed by atoms with van der Waals surface area (Å²) in [6.45, 7) is 2.37. The van der Waals surface area contributed by atoms with Gasteiger partial charge in [-0.15, -0.1) is 0 Å². The Bertz CT molecular complexity index is 295. The Morgan fingerprint density at radius 3 is 2.64 bits per heavy atom. The van der Waals surface area contributed by atoms with Crippen molar-refractivity contribution in [2.45, 2.75) is 13.3 Å². The van der Waals surface area contributed by atoms with E-state index >= 15 is 0 Å². The lowest BCUT2D eigenvalue weighted by Crippen LogP contribution is -2.13. The molecule has 0 aliphatic rings. The van der Waals surface area contributed by atoms with Gasteiger partial charge in [-0.05, 0) is 30.7 Å². The van der Waals surface area contributed by atoms with Crippen LogP contribution in [-0.4, -0.2) is 12.7 Å². The van der Waals surface area contributed by atoms with Crippen molar-refractivity contribution >= 4 is 17.5 Å². The van der Waals surface area contributed by atoms with Gasteiger partial charge < -0.3 is 10.5 Å². The molecule has 1 amide bonds. The van der Waals surface area contributed by atoms with E-state index in [-0.39, 0.29) is 0 Å². The normalized spacial score (nSPS) is 9.50. The molecule has 1 aromatic rings. The van der Waals surface area contributed by atoms with Crippen molar-refractivity contribution in [2.75, 3.05) is 17.7 Å². The van der Waals surface area contributed by atoms with Crippen molar-refractivity contribution in [1.29, 1.82) is 0 Å². The predicted molar refractivity (Wildman–Crippen MR) is 56.1 cm³/mol. The van der Waals surface area contributed by atoms with Gasteiger partial charge in [0.15, 0.2) is 0 Å². The van der Waals surface area contributed by atoms with Crippen molar-refractivity contribution in [3.05, 3.63) is 24.3 Å². The van der Waals surface area contributed by atoms with E-state index in [0.717, 1.165) is 6.42 Å². The second-order valence-electron chi connectivity index (χ2n) is 2.88. The zero-order chi connectivity index (χ0) is 10.4. The first-order chi connectivity index (χ1) is 6.72. The van der Waals surface area contributed by atoms with E-state index in [4.69, 9.17) is 10.5 Å². The number of carbonyl (C=O) groups excluding carboxylic acids is 1. The first-order valence-corrected chi connectivity index (χ1v) is 4.51. The van der Waals surface area contributed by atoms with Crippen molar-refractivity contribution in [2.24, 2.45) is 0 Å². The van der Waals surface area contributed by atoms with E-state index in [1.54, 1.807) is 24.3 Å². The molecule has 0 atom stereocenters. The Hall–Kier alpha value is -1.71. The van der Waals surface area contributed by atoms with Crippen LogP contribution in [0.1, 0.15) is 13.3 Å². The van der Waals surface area contributed by atoms with Crippen molar-refractivity contribution < 1.29 is 9.53 Å². The quantitative estimate of drug-likeness (QED) is 0.725. The lowest BCUT2D eigenvalue weighted by molar-refractivity contribution is 0.161. The van der Waals surface area contributed by atoms with E-state index in [1.165, 1.54) is 0 Å². The maximum atomic E-state index is 11.1. The van der Waals surface area contributed by atoms with E-state index in [0.29, 0.717) is 18.0 Å². The summed E-state index contributed by atoms with van der Waals surface area (Å²) in [6, 6.07) is 6.88. The monoisotopic (exact) mass is 194 g/mol. The maximum absolute atomic E-state index is 11.1. The molecular formula is C10H14N2O2. The minimum Gasteiger partial charge on any atom is -0.449 e. The van der Waals surface area contributed by atoms with Crippen LogP contribution >= 0.6 is 0 Å². The second kappa shape index (κ2) is 5.11. The number of ether oxygens (including phenoxy) is 1. The van der Waals surface area contributed by atoms with Crippen molar-refractivity contribution in [3.8, 4) is 0 Å². The Kier molecular flexibility index (Phi) is 3.79. The fourth-order valence-electron chi connectivity index (χ4n) is 0.915. The van der Waals surface area contributed by atoms with E-state index in [2.05, 4.69) is 5.32 Å². The topological polar surface area (TPSA) is 64.3 Å². The zero-order valence-corrected chi connectivity index (χ0v) is 8.12. The molecule has 4 nitrogen and oxygen atoms in total. The number of hydrogen-bond donors (Lipinski definition) is 2. The van der Waals surface area contributed by atoms with Crippen LogP contribution in [0, 0.1) is 0 Å². The average Bonchev–Trinajstić information content (AvgIpc) is 2.18. The number of nitrogens with two attached hydrogens (primary N) is 1. The molecule has 3 N–H and O–H groups in total. The number of hydrogen-bond acceptors (Lipinski definition) is 3. The van der Waals surface area contributed by atoms with Gasteiger partial charge >= 0.3 is 6.09 Å². The Labute approximate surface area is 83.1 Å². The van der Waals surface area contributed by atoms with E-state index in [1.807, 2.05) is 6.92 Å². The van der Waals surface area contributed by atoms with Gasteiger partial charge in [-0.2, -0.15) is 0 Å². The highest BCUT2D eigenvalue weighted by molar-refractivity contribution is 5.84.